The average molecular weight is 406 g/mol. The molecule has 3 aromatic rings. The monoisotopic (exact) mass is 406 g/mol. The van der Waals surface area contributed by atoms with E-state index in [0.717, 1.165) is 0 Å². The molecule has 0 aliphatic rings. The number of ether oxygens (including phenoxy) is 2. The number of carboxylic acids is 1. The fourth-order valence-corrected chi connectivity index (χ4v) is 2.93. The largest absolute Gasteiger partial charge is 0.493 e. The van der Waals surface area contributed by atoms with E-state index in [-0.39, 0.29) is 17.6 Å². The zero-order valence-electron chi connectivity index (χ0n) is 16.9. The number of methoxy groups -OCH3 is 1. The third-order valence-electron chi connectivity index (χ3n) is 4.23. The van der Waals surface area contributed by atoms with Crippen molar-refractivity contribution in [3.05, 3.63) is 78.1 Å². The van der Waals surface area contributed by atoms with Crippen LogP contribution >= 0.6 is 0 Å². The molecule has 0 spiro atoms. The number of amides is 1. The first-order valence-corrected chi connectivity index (χ1v) is 9.33. The lowest BCUT2D eigenvalue weighted by Gasteiger charge is -2.25. The fourth-order valence-electron chi connectivity index (χ4n) is 2.93. The van der Waals surface area contributed by atoms with Gasteiger partial charge in [-0.15, -0.1) is 0 Å². The quantitative estimate of drug-likeness (QED) is 0.619. The van der Waals surface area contributed by atoms with E-state index >= 15 is 0 Å². The first-order chi connectivity index (χ1) is 14.4. The van der Waals surface area contributed by atoms with Crippen molar-refractivity contribution < 1.29 is 24.2 Å². The van der Waals surface area contributed by atoms with Crippen molar-refractivity contribution in [1.82, 2.24) is 4.98 Å². The fraction of sp³-hybridized carbons (Fsp3) is 0.174. The standard InChI is InChI=1S/C23H22N2O5/c1-15(2)30-21-13-19(9-10-20(21)29-3)25(22(26)17-7-5-11-24-14-17)18-8-4-6-16(12-18)23(27)28/h4-15H,1-3H3,(H,27,28). The Hall–Kier alpha value is -3.87. The zero-order valence-corrected chi connectivity index (χ0v) is 16.9. The first kappa shape index (κ1) is 20.9. The van der Waals surface area contributed by atoms with Gasteiger partial charge in [-0.2, -0.15) is 0 Å². The Bertz CT molecular complexity index is 1050. The van der Waals surface area contributed by atoms with E-state index in [2.05, 4.69) is 4.98 Å². The third-order valence-corrected chi connectivity index (χ3v) is 4.23. The molecule has 7 nitrogen and oxygen atoms in total. The summed E-state index contributed by atoms with van der Waals surface area (Å²) >= 11 is 0. The molecule has 1 amide bonds. The summed E-state index contributed by atoms with van der Waals surface area (Å²) in [6.07, 6.45) is 2.94. The molecule has 0 radical (unpaired) electrons. The number of pyridine rings is 1. The van der Waals surface area contributed by atoms with Gasteiger partial charge in [-0.1, -0.05) is 6.07 Å². The summed E-state index contributed by atoms with van der Waals surface area (Å²) in [6.45, 7) is 3.78. The summed E-state index contributed by atoms with van der Waals surface area (Å²) in [5, 5.41) is 9.38. The van der Waals surface area contributed by atoms with Gasteiger partial charge in [0, 0.05) is 18.5 Å². The van der Waals surface area contributed by atoms with E-state index < -0.39 is 5.97 Å². The molecule has 0 aliphatic carbocycles. The van der Waals surface area contributed by atoms with Gasteiger partial charge in [-0.05, 0) is 56.3 Å². The van der Waals surface area contributed by atoms with Crippen molar-refractivity contribution >= 4 is 23.3 Å². The molecule has 1 heterocycles. The summed E-state index contributed by atoms with van der Waals surface area (Å²) < 4.78 is 11.2. The van der Waals surface area contributed by atoms with E-state index in [9.17, 15) is 14.7 Å². The number of anilines is 2. The summed E-state index contributed by atoms with van der Waals surface area (Å²) in [5.41, 5.74) is 1.34. The van der Waals surface area contributed by atoms with Crippen LogP contribution in [0.1, 0.15) is 34.6 Å². The van der Waals surface area contributed by atoms with E-state index in [0.29, 0.717) is 28.4 Å². The second-order valence-electron chi connectivity index (χ2n) is 6.74. The number of hydrogen-bond acceptors (Lipinski definition) is 5. The SMILES string of the molecule is COc1ccc(N(C(=O)c2cccnc2)c2cccc(C(=O)O)c2)cc1OC(C)C. The van der Waals surface area contributed by atoms with Crippen LogP contribution in [0.25, 0.3) is 0 Å². The number of nitrogens with zero attached hydrogens (tertiary/aromatic N) is 2. The van der Waals surface area contributed by atoms with Crippen LogP contribution in [0.2, 0.25) is 0 Å². The van der Waals surface area contributed by atoms with E-state index in [4.69, 9.17) is 9.47 Å². The molecule has 0 atom stereocenters. The second-order valence-corrected chi connectivity index (χ2v) is 6.74. The van der Waals surface area contributed by atoms with Crippen LogP contribution in [0.15, 0.2) is 67.0 Å². The zero-order chi connectivity index (χ0) is 21.7. The van der Waals surface area contributed by atoms with Gasteiger partial charge < -0.3 is 14.6 Å². The van der Waals surface area contributed by atoms with Crippen LogP contribution in [0.5, 0.6) is 11.5 Å². The van der Waals surface area contributed by atoms with Crippen molar-refractivity contribution in [1.29, 1.82) is 0 Å². The summed E-state index contributed by atoms with van der Waals surface area (Å²) in [6, 6.07) is 14.6. The molecule has 1 N–H and O–H groups in total. The van der Waals surface area contributed by atoms with Crippen LogP contribution in [0, 0.1) is 0 Å². The van der Waals surface area contributed by atoms with Gasteiger partial charge in [0.25, 0.3) is 5.91 Å². The van der Waals surface area contributed by atoms with Gasteiger partial charge >= 0.3 is 5.97 Å². The van der Waals surface area contributed by atoms with Gasteiger partial charge in [0.05, 0.1) is 35.7 Å². The molecule has 154 valence electrons. The number of rotatable bonds is 7. The molecule has 2 aromatic carbocycles. The molecule has 0 bridgehead atoms. The smallest absolute Gasteiger partial charge is 0.335 e. The maximum atomic E-state index is 13.4. The highest BCUT2D eigenvalue weighted by atomic mass is 16.5. The Morgan fingerprint density at radius 1 is 0.967 bits per heavy atom. The van der Waals surface area contributed by atoms with Gasteiger partial charge in [0.15, 0.2) is 11.5 Å². The van der Waals surface area contributed by atoms with Crippen molar-refractivity contribution in [3.63, 3.8) is 0 Å². The first-order valence-electron chi connectivity index (χ1n) is 9.33. The maximum absolute atomic E-state index is 13.4. The van der Waals surface area contributed by atoms with Crippen LogP contribution < -0.4 is 14.4 Å². The van der Waals surface area contributed by atoms with Crippen LogP contribution in [-0.4, -0.2) is 35.2 Å². The molecule has 0 aliphatic heterocycles. The van der Waals surface area contributed by atoms with Crippen LogP contribution in [-0.2, 0) is 0 Å². The normalized spacial score (nSPS) is 10.5. The van der Waals surface area contributed by atoms with Crippen molar-refractivity contribution in [2.45, 2.75) is 20.0 Å². The summed E-state index contributed by atoms with van der Waals surface area (Å²) in [4.78, 5) is 30.3. The highest BCUT2D eigenvalue weighted by molar-refractivity contribution is 6.11. The Kier molecular flexibility index (Phi) is 6.32. The molecule has 0 saturated heterocycles. The number of carbonyl (C=O) groups excluding carboxylic acids is 1. The molecule has 1 aromatic heterocycles. The minimum absolute atomic E-state index is 0.0728. The minimum Gasteiger partial charge on any atom is -0.493 e. The Labute approximate surface area is 174 Å². The molecule has 3 rings (SSSR count). The lowest BCUT2D eigenvalue weighted by Crippen LogP contribution is -2.26. The Morgan fingerprint density at radius 3 is 2.33 bits per heavy atom. The van der Waals surface area contributed by atoms with Crippen LogP contribution in [0.4, 0.5) is 11.4 Å². The molecule has 7 heteroatoms. The predicted octanol–water partition coefficient (Wildman–Crippen LogP) is 4.55. The van der Waals surface area contributed by atoms with Gasteiger partial charge in [-0.3, -0.25) is 14.7 Å². The third kappa shape index (κ3) is 4.57. The number of hydrogen-bond donors (Lipinski definition) is 1. The average Bonchev–Trinajstić information content (AvgIpc) is 2.74. The molecule has 30 heavy (non-hydrogen) atoms. The van der Waals surface area contributed by atoms with Gasteiger partial charge in [0.2, 0.25) is 0 Å². The number of carboxylic acid groups (broad SMARTS) is 1. The predicted molar refractivity (Wildman–Crippen MR) is 113 cm³/mol. The number of carbonyl (C=O) groups is 2. The molecular weight excluding hydrogens is 384 g/mol. The van der Waals surface area contributed by atoms with E-state index in [1.54, 1.807) is 48.7 Å². The number of aromatic carboxylic acids is 1. The lowest BCUT2D eigenvalue weighted by atomic mass is 10.1. The molecular formula is C23H22N2O5. The summed E-state index contributed by atoms with van der Waals surface area (Å²) in [5.74, 6) is -0.431. The topological polar surface area (TPSA) is 89.0 Å². The number of aromatic nitrogens is 1. The molecule has 0 saturated carbocycles. The maximum Gasteiger partial charge on any atom is 0.335 e. The van der Waals surface area contributed by atoms with E-state index in [1.807, 2.05) is 13.8 Å². The van der Waals surface area contributed by atoms with Crippen molar-refractivity contribution in [3.8, 4) is 11.5 Å². The Morgan fingerprint density at radius 2 is 1.70 bits per heavy atom. The van der Waals surface area contributed by atoms with Crippen molar-refractivity contribution in [2.75, 3.05) is 12.0 Å². The Balaban J connectivity index is 2.16. The second kappa shape index (κ2) is 9.09. The van der Waals surface area contributed by atoms with Gasteiger partial charge in [0.1, 0.15) is 0 Å². The highest BCUT2D eigenvalue weighted by Gasteiger charge is 2.23. The van der Waals surface area contributed by atoms with Gasteiger partial charge in [-0.25, -0.2) is 4.79 Å². The van der Waals surface area contributed by atoms with E-state index in [1.165, 1.54) is 30.3 Å². The minimum atomic E-state index is -1.08. The summed E-state index contributed by atoms with van der Waals surface area (Å²) in [7, 11) is 1.54. The highest BCUT2D eigenvalue weighted by Crippen LogP contribution is 2.36. The van der Waals surface area contributed by atoms with Crippen molar-refractivity contribution in [2.24, 2.45) is 0 Å². The molecule has 0 fully saturated rings. The number of benzene rings is 2. The lowest BCUT2D eigenvalue weighted by molar-refractivity contribution is 0.0696. The molecule has 0 unspecified atom stereocenters. The van der Waals surface area contributed by atoms with Crippen LogP contribution in [0.3, 0.4) is 0 Å².